The van der Waals surface area contributed by atoms with Crippen LogP contribution in [0.2, 0.25) is 0 Å². The van der Waals surface area contributed by atoms with Gasteiger partial charge in [0.15, 0.2) is 0 Å². The van der Waals surface area contributed by atoms with Gasteiger partial charge in [0.05, 0.1) is 24.0 Å². The zero-order valence-corrected chi connectivity index (χ0v) is 13.8. The summed E-state index contributed by atoms with van der Waals surface area (Å²) in [6, 6.07) is 6.32. The zero-order chi connectivity index (χ0) is 17.6. The Morgan fingerprint density at radius 1 is 1.00 bits per heavy atom. The molecule has 2 bridgehead atoms. The molecule has 134 valence electrons. The van der Waals surface area contributed by atoms with E-state index < -0.39 is 17.8 Å². The van der Waals surface area contributed by atoms with E-state index in [0.29, 0.717) is 26.2 Å². The summed E-state index contributed by atoms with van der Waals surface area (Å²) in [5, 5.41) is 9.48. The number of nitrogens with zero attached hydrogens (tertiary/aromatic N) is 2. The number of piperazine rings is 1. The van der Waals surface area contributed by atoms with Crippen molar-refractivity contribution in [3.63, 3.8) is 0 Å². The molecule has 1 N–H and O–H groups in total. The molecule has 7 heteroatoms. The van der Waals surface area contributed by atoms with Gasteiger partial charge in [0.2, 0.25) is 5.91 Å². The van der Waals surface area contributed by atoms with E-state index in [9.17, 15) is 19.1 Å². The van der Waals surface area contributed by atoms with E-state index in [1.807, 2.05) is 0 Å². The van der Waals surface area contributed by atoms with Crippen molar-refractivity contribution in [2.24, 2.45) is 11.8 Å². The number of fused-ring (bicyclic) bond motifs is 2. The van der Waals surface area contributed by atoms with Gasteiger partial charge < -0.3 is 19.6 Å². The van der Waals surface area contributed by atoms with Crippen LogP contribution in [0.1, 0.15) is 12.8 Å². The average Bonchev–Trinajstić information content (AvgIpc) is 3.23. The van der Waals surface area contributed by atoms with Gasteiger partial charge in [0, 0.05) is 31.9 Å². The minimum absolute atomic E-state index is 0.0987. The SMILES string of the molecule is O=C(O)[C@@H]1[C@@H](C(=O)N2CCN(c3ccc(F)cc3)CC2)[C@H]2CC[C@@H]1O2. The monoisotopic (exact) mass is 348 g/mol. The lowest BCUT2D eigenvalue weighted by Crippen LogP contribution is -2.53. The number of anilines is 1. The van der Waals surface area contributed by atoms with Crippen LogP contribution in [0.25, 0.3) is 0 Å². The molecule has 4 atom stereocenters. The number of halogens is 1. The van der Waals surface area contributed by atoms with E-state index in [2.05, 4.69) is 4.90 Å². The standard InChI is InChI=1S/C18H21FN2O4/c19-11-1-3-12(4-2-11)20-7-9-21(10-8-20)17(22)15-13-5-6-14(25-13)16(15)18(23)24/h1-4,13-16H,5-10H2,(H,23,24)/t13-,14+,15+,16+/m1/s1. The van der Waals surface area contributed by atoms with Crippen molar-refractivity contribution >= 4 is 17.6 Å². The van der Waals surface area contributed by atoms with E-state index in [0.717, 1.165) is 18.5 Å². The third-order valence-corrected chi connectivity index (χ3v) is 5.63. The van der Waals surface area contributed by atoms with Crippen LogP contribution in [0.3, 0.4) is 0 Å². The second-order valence-electron chi connectivity index (χ2n) is 6.97. The first-order valence-corrected chi connectivity index (χ1v) is 8.72. The maximum atomic E-state index is 13.0. The highest BCUT2D eigenvalue weighted by molar-refractivity contribution is 5.86. The quantitative estimate of drug-likeness (QED) is 0.893. The Hall–Kier alpha value is -2.15. The first kappa shape index (κ1) is 16.3. The third kappa shape index (κ3) is 2.86. The molecule has 0 saturated carbocycles. The first-order valence-electron chi connectivity index (χ1n) is 8.72. The molecule has 3 saturated heterocycles. The fourth-order valence-corrected chi connectivity index (χ4v) is 4.35. The lowest BCUT2D eigenvalue weighted by atomic mass is 9.78. The van der Waals surface area contributed by atoms with Crippen LogP contribution in [-0.4, -0.2) is 60.3 Å². The molecule has 1 aromatic rings. The van der Waals surface area contributed by atoms with Gasteiger partial charge in [0.25, 0.3) is 0 Å². The molecule has 25 heavy (non-hydrogen) atoms. The molecule has 3 heterocycles. The lowest BCUT2D eigenvalue weighted by Gasteiger charge is -2.38. The molecular formula is C18H21FN2O4. The van der Waals surface area contributed by atoms with Gasteiger partial charge in [-0.25, -0.2) is 4.39 Å². The van der Waals surface area contributed by atoms with Crippen molar-refractivity contribution in [2.45, 2.75) is 25.0 Å². The number of ether oxygens (including phenoxy) is 1. The average molecular weight is 348 g/mol. The Kier molecular flexibility index (Phi) is 4.11. The van der Waals surface area contributed by atoms with Crippen LogP contribution >= 0.6 is 0 Å². The Labute approximate surface area is 145 Å². The molecule has 0 unspecified atom stereocenters. The van der Waals surface area contributed by atoms with E-state index in [4.69, 9.17) is 4.74 Å². The van der Waals surface area contributed by atoms with Crippen LogP contribution in [-0.2, 0) is 14.3 Å². The maximum Gasteiger partial charge on any atom is 0.310 e. The van der Waals surface area contributed by atoms with Gasteiger partial charge in [-0.1, -0.05) is 0 Å². The predicted octanol–water partition coefficient (Wildman–Crippen LogP) is 1.35. The second-order valence-corrected chi connectivity index (χ2v) is 6.97. The summed E-state index contributed by atoms with van der Waals surface area (Å²) >= 11 is 0. The number of carboxylic acids is 1. The molecule has 3 aliphatic rings. The summed E-state index contributed by atoms with van der Waals surface area (Å²) in [5.74, 6) is -2.59. The van der Waals surface area contributed by atoms with Gasteiger partial charge in [-0.3, -0.25) is 9.59 Å². The molecule has 3 aliphatic heterocycles. The molecule has 0 radical (unpaired) electrons. The van der Waals surface area contributed by atoms with E-state index >= 15 is 0 Å². The topological polar surface area (TPSA) is 70.1 Å². The van der Waals surface area contributed by atoms with Crippen molar-refractivity contribution in [3.8, 4) is 0 Å². The van der Waals surface area contributed by atoms with Gasteiger partial charge in [-0.15, -0.1) is 0 Å². The van der Waals surface area contributed by atoms with Crippen LogP contribution in [0.5, 0.6) is 0 Å². The van der Waals surface area contributed by atoms with Crippen molar-refractivity contribution < 1.29 is 23.8 Å². The molecule has 0 spiro atoms. The molecule has 3 fully saturated rings. The molecule has 6 nitrogen and oxygen atoms in total. The molecule has 0 aliphatic carbocycles. The lowest BCUT2D eigenvalue weighted by molar-refractivity contribution is -0.151. The summed E-state index contributed by atoms with van der Waals surface area (Å²) in [7, 11) is 0. The number of hydrogen-bond acceptors (Lipinski definition) is 4. The zero-order valence-electron chi connectivity index (χ0n) is 13.8. The summed E-state index contributed by atoms with van der Waals surface area (Å²) in [6.45, 7) is 2.38. The van der Waals surface area contributed by atoms with E-state index in [1.54, 1.807) is 17.0 Å². The Morgan fingerprint density at radius 3 is 2.20 bits per heavy atom. The molecule has 0 aromatic heterocycles. The first-order chi connectivity index (χ1) is 12.0. The Bertz CT molecular complexity index is 672. The van der Waals surface area contributed by atoms with E-state index in [1.165, 1.54) is 12.1 Å². The normalized spacial score (nSPS) is 31.4. The van der Waals surface area contributed by atoms with Crippen molar-refractivity contribution in [1.82, 2.24) is 4.90 Å². The highest BCUT2D eigenvalue weighted by Crippen LogP contribution is 2.44. The number of carboxylic acid groups (broad SMARTS) is 1. The largest absolute Gasteiger partial charge is 0.481 e. The van der Waals surface area contributed by atoms with Gasteiger partial charge in [-0.2, -0.15) is 0 Å². The van der Waals surface area contributed by atoms with Crippen LogP contribution in [0.4, 0.5) is 10.1 Å². The number of hydrogen-bond donors (Lipinski definition) is 1. The number of rotatable bonds is 3. The van der Waals surface area contributed by atoms with Crippen LogP contribution in [0, 0.1) is 17.7 Å². The van der Waals surface area contributed by atoms with Crippen molar-refractivity contribution in [3.05, 3.63) is 30.1 Å². The Morgan fingerprint density at radius 2 is 1.60 bits per heavy atom. The highest BCUT2D eigenvalue weighted by Gasteiger charge is 2.56. The summed E-state index contributed by atoms with van der Waals surface area (Å²) < 4.78 is 18.7. The van der Waals surface area contributed by atoms with Crippen molar-refractivity contribution in [1.29, 1.82) is 0 Å². The number of aliphatic carboxylic acids is 1. The summed E-state index contributed by atoms with van der Waals surface area (Å²) in [4.78, 5) is 28.3. The van der Waals surface area contributed by atoms with Gasteiger partial charge in [0.1, 0.15) is 5.82 Å². The van der Waals surface area contributed by atoms with Gasteiger partial charge >= 0.3 is 5.97 Å². The number of carbonyl (C=O) groups is 2. The minimum Gasteiger partial charge on any atom is -0.481 e. The summed E-state index contributed by atoms with van der Waals surface area (Å²) in [5.41, 5.74) is 0.931. The maximum absolute atomic E-state index is 13.0. The van der Waals surface area contributed by atoms with Crippen molar-refractivity contribution in [2.75, 3.05) is 31.1 Å². The predicted molar refractivity (Wildman–Crippen MR) is 87.7 cm³/mol. The third-order valence-electron chi connectivity index (χ3n) is 5.63. The van der Waals surface area contributed by atoms with Crippen LogP contribution in [0.15, 0.2) is 24.3 Å². The minimum atomic E-state index is -0.935. The highest BCUT2D eigenvalue weighted by atomic mass is 19.1. The Balaban J connectivity index is 1.41. The fraction of sp³-hybridized carbons (Fsp3) is 0.556. The fourth-order valence-electron chi connectivity index (χ4n) is 4.35. The van der Waals surface area contributed by atoms with Gasteiger partial charge in [-0.05, 0) is 37.1 Å². The number of amides is 1. The smallest absolute Gasteiger partial charge is 0.310 e. The van der Waals surface area contributed by atoms with Crippen LogP contribution < -0.4 is 4.90 Å². The molecule has 1 aromatic carbocycles. The molecular weight excluding hydrogens is 327 g/mol. The summed E-state index contributed by atoms with van der Waals surface area (Å²) in [6.07, 6.45) is 0.912. The number of carbonyl (C=O) groups excluding carboxylic acids is 1. The molecule has 4 rings (SSSR count). The number of benzene rings is 1. The second kappa shape index (κ2) is 6.29. The van der Waals surface area contributed by atoms with E-state index in [-0.39, 0.29) is 23.9 Å². The molecule has 1 amide bonds.